The summed E-state index contributed by atoms with van der Waals surface area (Å²) in [5, 5.41) is 4.38. The lowest BCUT2D eigenvalue weighted by Gasteiger charge is -2.08. The zero-order valence-corrected chi connectivity index (χ0v) is 17.1. The van der Waals surface area contributed by atoms with Crippen LogP contribution in [0.2, 0.25) is 5.02 Å². The third-order valence-corrected chi connectivity index (χ3v) is 5.53. The van der Waals surface area contributed by atoms with E-state index >= 15 is 0 Å². The molecule has 0 aliphatic carbocycles. The van der Waals surface area contributed by atoms with Crippen molar-refractivity contribution < 1.29 is 4.79 Å². The molecule has 3 aromatic carbocycles. The Bertz CT molecular complexity index is 1080. The first kappa shape index (κ1) is 19.4. The van der Waals surface area contributed by atoms with E-state index in [0.717, 1.165) is 33.4 Å². The molecule has 4 nitrogen and oxygen atoms in total. The van der Waals surface area contributed by atoms with Gasteiger partial charge in [0.2, 0.25) is 5.91 Å². The van der Waals surface area contributed by atoms with Gasteiger partial charge >= 0.3 is 0 Å². The van der Waals surface area contributed by atoms with Crippen molar-refractivity contribution in [2.24, 2.45) is 9.98 Å². The van der Waals surface area contributed by atoms with Gasteiger partial charge in [-0.1, -0.05) is 54.1 Å². The van der Waals surface area contributed by atoms with E-state index in [2.05, 4.69) is 5.32 Å². The molecule has 0 fully saturated rings. The first-order valence-corrected chi connectivity index (χ1v) is 10.5. The standard InChI is InChI=1S/C23H18ClN3OS/c24-17-10-12-18(13-11-17)25-22(28)15-29-23-14-21(16-6-2-1-3-7-16)26-19-8-4-5-9-20(19)27-23/h1-13H,14-15H2,(H,25,28). The van der Waals surface area contributed by atoms with Gasteiger partial charge in [-0.3, -0.25) is 9.79 Å². The molecule has 0 saturated carbocycles. The molecule has 0 bridgehead atoms. The fourth-order valence-corrected chi connectivity index (χ4v) is 3.81. The molecule has 1 aliphatic heterocycles. The van der Waals surface area contributed by atoms with Gasteiger partial charge in [-0.05, 0) is 42.0 Å². The van der Waals surface area contributed by atoms with E-state index in [0.29, 0.717) is 11.4 Å². The fraction of sp³-hybridized carbons (Fsp3) is 0.0870. The minimum absolute atomic E-state index is 0.0873. The smallest absolute Gasteiger partial charge is 0.234 e. The van der Waals surface area contributed by atoms with Crippen molar-refractivity contribution >= 4 is 57.1 Å². The highest BCUT2D eigenvalue weighted by Gasteiger charge is 2.16. The number of para-hydroxylation sites is 2. The summed E-state index contributed by atoms with van der Waals surface area (Å²) >= 11 is 7.32. The summed E-state index contributed by atoms with van der Waals surface area (Å²) in [4.78, 5) is 22.0. The van der Waals surface area contributed by atoms with Crippen molar-refractivity contribution in [1.29, 1.82) is 0 Å². The van der Waals surface area contributed by atoms with Crippen LogP contribution in [0.15, 0.2) is 88.8 Å². The van der Waals surface area contributed by atoms with Gasteiger partial charge in [-0.15, -0.1) is 11.8 Å². The van der Waals surface area contributed by atoms with Crippen LogP contribution in [-0.2, 0) is 4.79 Å². The van der Waals surface area contributed by atoms with Crippen LogP contribution >= 0.6 is 23.4 Å². The normalized spacial score (nSPS) is 13.0. The molecule has 29 heavy (non-hydrogen) atoms. The van der Waals surface area contributed by atoms with Gasteiger partial charge in [0, 0.05) is 17.1 Å². The molecule has 0 radical (unpaired) electrons. The number of rotatable bonds is 4. The SMILES string of the molecule is O=C(CSC1=Nc2ccccc2N=C(c2ccccc2)C1)Nc1ccc(Cl)cc1. The highest BCUT2D eigenvalue weighted by atomic mass is 35.5. The van der Waals surface area contributed by atoms with Crippen LogP contribution in [0.1, 0.15) is 12.0 Å². The zero-order valence-electron chi connectivity index (χ0n) is 15.5. The second-order valence-corrected chi connectivity index (χ2v) is 7.92. The summed E-state index contributed by atoms with van der Waals surface area (Å²) in [5.74, 6) is 0.182. The highest BCUT2D eigenvalue weighted by Crippen LogP contribution is 2.33. The summed E-state index contributed by atoms with van der Waals surface area (Å²) in [6.07, 6.45) is 0.581. The van der Waals surface area contributed by atoms with Crippen LogP contribution in [0.5, 0.6) is 0 Å². The predicted octanol–water partition coefficient (Wildman–Crippen LogP) is 6.27. The molecule has 144 valence electrons. The molecule has 3 aromatic rings. The van der Waals surface area contributed by atoms with E-state index in [1.807, 2.05) is 54.6 Å². The molecule has 0 aromatic heterocycles. The van der Waals surface area contributed by atoms with E-state index in [9.17, 15) is 4.79 Å². The zero-order chi connectivity index (χ0) is 20.1. The molecule has 1 amide bonds. The number of thioether (sulfide) groups is 1. The second kappa shape index (κ2) is 9.07. The topological polar surface area (TPSA) is 53.8 Å². The maximum atomic E-state index is 12.4. The average molecular weight is 420 g/mol. The Labute approximate surface area is 178 Å². The Kier molecular flexibility index (Phi) is 6.08. The van der Waals surface area contributed by atoms with Gasteiger partial charge in [0.15, 0.2) is 0 Å². The monoisotopic (exact) mass is 419 g/mol. The number of nitrogens with one attached hydrogen (secondary N) is 1. The number of hydrogen-bond acceptors (Lipinski definition) is 4. The van der Waals surface area contributed by atoms with E-state index in [1.165, 1.54) is 11.8 Å². The van der Waals surface area contributed by atoms with Crippen LogP contribution in [0.3, 0.4) is 0 Å². The van der Waals surface area contributed by atoms with Crippen molar-refractivity contribution in [3.05, 3.63) is 89.4 Å². The summed E-state index contributed by atoms with van der Waals surface area (Å²) in [5.41, 5.74) is 4.38. The number of anilines is 1. The van der Waals surface area contributed by atoms with E-state index in [1.54, 1.807) is 24.3 Å². The number of nitrogens with zero attached hydrogens (tertiary/aromatic N) is 2. The predicted molar refractivity (Wildman–Crippen MR) is 123 cm³/mol. The molecular formula is C23H18ClN3OS. The highest BCUT2D eigenvalue weighted by molar-refractivity contribution is 8.14. The minimum Gasteiger partial charge on any atom is -0.325 e. The van der Waals surface area contributed by atoms with Crippen molar-refractivity contribution in [2.45, 2.75) is 6.42 Å². The first-order chi connectivity index (χ1) is 14.2. The van der Waals surface area contributed by atoms with Crippen molar-refractivity contribution in [3.8, 4) is 0 Å². The number of carbonyl (C=O) groups excluding carboxylic acids is 1. The van der Waals surface area contributed by atoms with Gasteiger partial charge in [-0.25, -0.2) is 4.99 Å². The number of aliphatic imine (C=N–C) groups is 2. The summed E-state index contributed by atoms with van der Waals surface area (Å²) < 4.78 is 0. The largest absolute Gasteiger partial charge is 0.325 e. The Morgan fingerprint density at radius 3 is 2.28 bits per heavy atom. The quantitative estimate of drug-likeness (QED) is 0.542. The van der Waals surface area contributed by atoms with Crippen LogP contribution < -0.4 is 5.32 Å². The lowest BCUT2D eigenvalue weighted by Crippen LogP contribution is -2.16. The molecule has 4 rings (SSSR count). The van der Waals surface area contributed by atoms with Gasteiger partial charge < -0.3 is 5.32 Å². The van der Waals surface area contributed by atoms with Crippen LogP contribution in [0.4, 0.5) is 17.1 Å². The Hall–Kier alpha value is -2.89. The molecule has 1 aliphatic rings. The summed E-state index contributed by atoms with van der Waals surface area (Å²) in [6.45, 7) is 0. The van der Waals surface area contributed by atoms with Gasteiger partial charge in [-0.2, -0.15) is 0 Å². The van der Waals surface area contributed by atoms with Gasteiger partial charge in [0.25, 0.3) is 0 Å². The molecular weight excluding hydrogens is 402 g/mol. The average Bonchev–Trinajstić information content (AvgIpc) is 2.94. The third kappa shape index (κ3) is 5.13. The number of amides is 1. The molecule has 6 heteroatoms. The minimum atomic E-state index is -0.0873. The molecule has 1 heterocycles. The van der Waals surface area contributed by atoms with Crippen LogP contribution in [0, 0.1) is 0 Å². The van der Waals surface area contributed by atoms with E-state index < -0.39 is 0 Å². The van der Waals surface area contributed by atoms with Gasteiger partial charge in [0.1, 0.15) is 0 Å². The maximum absolute atomic E-state index is 12.4. The van der Waals surface area contributed by atoms with Gasteiger partial charge in [0.05, 0.1) is 27.9 Å². The second-order valence-electron chi connectivity index (χ2n) is 6.44. The third-order valence-electron chi connectivity index (χ3n) is 4.31. The number of hydrogen-bond donors (Lipinski definition) is 1. The summed E-state index contributed by atoms with van der Waals surface area (Å²) in [6, 6.07) is 24.9. The summed E-state index contributed by atoms with van der Waals surface area (Å²) in [7, 11) is 0. The number of fused-ring (bicyclic) bond motifs is 1. The molecule has 0 spiro atoms. The Morgan fingerprint density at radius 1 is 0.897 bits per heavy atom. The maximum Gasteiger partial charge on any atom is 0.234 e. The van der Waals surface area contributed by atoms with E-state index in [4.69, 9.17) is 21.6 Å². The molecule has 0 saturated heterocycles. The van der Waals surface area contributed by atoms with Crippen LogP contribution in [0.25, 0.3) is 0 Å². The van der Waals surface area contributed by atoms with E-state index in [-0.39, 0.29) is 11.7 Å². The lowest BCUT2D eigenvalue weighted by molar-refractivity contribution is -0.113. The number of halogens is 1. The van der Waals surface area contributed by atoms with Crippen molar-refractivity contribution in [1.82, 2.24) is 0 Å². The number of benzene rings is 3. The molecule has 0 atom stereocenters. The Balaban J connectivity index is 1.51. The lowest BCUT2D eigenvalue weighted by atomic mass is 10.1. The molecule has 1 N–H and O–H groups in total. The van der Waals surface area contributed by atoms with Crippen LogP contribution in [-0.4, -0.2) is 22.4 Å². The molecule has 0 unspecified atom stereocenters. The first-order valence-electron chi connectivity index (χ1n) is 9.15. The van der Waals surface area contributed by atoms with Crippen molar-refractivity contribution in [2.75, 3.05) is 11.1 Å². The fourth-order valence-electron chi connectivity index (χ4n) is 2.91. The van der Waals surface area contributed by atoms with Crippen molar-refractivity contribution in [3.63, 3.8) is 0 Å². The Morgan fingerprint density at radius 2 is 1.55 bits per heavy atom. The number of carbonyl (C=O) groups is 1.